The molecule has 2 aromatic heterocycles. The van der Waals surface area contributed by atoms with Crippen LogP contribution in [0.3, 0.4) is 0 Å². The fourth-order valence-corrected chi connectivity index (χ4v) is 6.00. The van der Waals surface area contributed by atoms with Gasteiger partial charge in [-0.05, 0) is 53.6 Å². The van der Waals surface area contributed by atoms with Gasteiger partial charge in [0.2, 0.25) is 0 Å². The zero-order chi connectivity index (χ0) is 27.9. The predicted octanol–water partition coefficient (Wildman–Crippen LogP) is 8.20. The summed E-state index contributed by atoms with van der Waals surface area (Å²) in [5.41, 5.74) is 4.16. The number of hydrogen-bond acceptors (Lipinski definition) is 5. The van der Waals surface area contributed by atoms with Crippen molar-refractivity contribution in [3.05, 3.63) is 108 Å². The van der Waals surface area contributed by atoms with Gasteiger partial charge in [0.1, 0.15) is 16.8 Å². The van der Waals surface area contributed by atoms with Gasteiger partial charge >= 0.3 is 12.1 Å². The molecule has 0 spiro atoms. The van der Waals surface area contributed by atoms with E-state index in [9.17, 15) is 19.1 Å². The minimum Gasteiger partial charge on any atom is -0.481 e. The van der Waals surface area contributed by atoms with Crippen molar-refractivity contribution in [1.82, 2.24) is 4.98 Å². The molecule has 1 saturated carbocycles. The zero-order valence-corrected chi connectivity index (χ0v) is 22.4. The molecule has 5 aromatic rings. The molecule has 1 amide bonds. The van der Waals surface area contributed by atoms with E-state index in [4.69, 9.17) is 4.74 Å². The number of pyridine rings is 1. The Morgan fingerprint density at radius 2 is 1.60 bits per heavy atom. The zero-order valence-electron chi connectivity index (χ0n) is 21.6. The highest BCUT2D eigenvalue weighted by molar-refractivity contribution is 7.22. The van der Waals surface area contributed by atoms with Gasteiger partial charge in [-0.3, -0.25) is 10.1 Å². The first-order valence-electron chi connectivity index (χ1n) is 12.9. The number of nitrogens with one attached hydrogen (secondary N) is 1. The normalized spacial score (nSPS) is 14.4. The van der Waals surface area contributed by atoms with Crippen LogP contribution in [-0.4, -0.2) is 22.2 Å². The molecule has 40 heavy (non-hydrogen) atoms. The number of benzene rings is 3. The summed E-state index contributed by atoms with van der Waals surface area (Å²) >= 11 is 1.36. The highest BCUT2D eigenvalue weighted by atomic mass is 32.1. The Hall–Kier alpha value is -4.56. The molecule has 1 fully saturated rings. The van der Waals surface area contributed by atoms with E-state index < -0.39 is 29.4 Å². The number of carbonyl (C=O) groups is 2. The summed E-state index contributed by atoms with van der Waals surface area (Å²) < 4.78 is 19.8. The number of aromatic nitrogens is 1. The maximum atomic E-state index is 14.2. The predicted molar refractivity (Wildman–Crippen MR) is 154 cm³/mol. The van der Waals surface area contributed by atoms with Gasteiger partial charge in [-0.15, -0.1) is 11.3 Å². The SMILES string of the molecule is C[C@@H](OC(=O)Nc1c(-c2ccc(-c3ccc(C4(C(=O)O)CC4)cc3)cc2)sc2ncc(F)cc12)c1ccccc1. The van der Waals surface area contributed by atoms with Crippen LogP contribution in [-0.2, 0) is 14.9 Å². The highest BCUT2D eigenvalue weighted by Crippen LogP contribution is 2.49. The lowest BCUT2D eigenvalue weighted by Gasteiger charge is -2.15. The molecule has 0 saturated heterocycles. The fraction of sp³-hybridized carbons (Fsp3) is 0.156. The number of halogens is 1. The smallest absolute Gasteiger partial charge is 0.412 e. The molecule has 0 radical (unpaired) electrons. The quantitative estimate of drug-likeness (QED) is 0.212. The molecule has 0 unspecified atom stereocenters. The molecule has 0 aliphatic heterocycles. The van der Waals surface area contributed by atoms with Crippen LogP contribution < -0.4 is 5.32 Å². The third-order valence-corrected chi connectivity index (χ3v) is 8.53. The molecule has 3 aromatic carbocycles. The number of nitrogens with zero attached hydrogens (tertiary/aromatic N) is 1. The highest BCUT2D eigenvalue weighted by Gasteiger charge is 2.51. The molecule has 8 heteroatoms. The van der Waals surface area contributed by atoms with Crippen LogP contribution in [0, 0.1) is 5.82 Å². The van der Waals surface area contributed by atoms with E-state index in [0.717, 1.165) is 38.9 Å². The topological polar surface area (TPSA) is 88.5 Å². The van der Waals surface area contributed by atoms with E-state index in [-0.39, 0.29) is 0 Å². The second-order valence-corrected chi connectivity index (χ2v) is 10.9. The second-order valence-electron chi connectivity index (χ2n) is 9.94. The van der Waals surface area contributed by atoms with Crippen molar-refractivity contribution in [2.45, 2.75) is 31.3 Å². The van der Waals surface area contributed by atoms with E-state index >= 15 is 0 Å². The summed E-state index contributed by atoms with van der Waals surface area (Å²) in [4.78, 5) is 30.1. The van der Waals surface area contributed by atoms with Gasteiger partial charge in [0.15, 0.2) is 0 Å². The number of amides is 1. The first-order chi connectivity index (χ1) is 19.3. The summed E-state index contributed by atoms with van der Waals surface area (Å²) in [6.45, 7) is 1.79. The Balaban J connectivity index is 1.27. The molecule has 1 aliphatic rings. The van der Waals surface area contributed by atoms with Gasteiger partial charge in [-0.25, -0.2) is 14.2 Å². The third-order valence-electron chi connectivity index (χ3n) is 7.37. The van der Waals surface area contributed by atoms with E-state index in [1.54, 1.807) is 6.92 Å². The number of anilines is 1. The number of carbonyl (C=O) groups excluding carboxylic acids is 1. The van der Waals surface area contributed by atoms with Gasteiger partial charge in [-0.1, -0.05) is 78.9 Å². The minimum atomic E-state index is -0.773. The lowest BCUT2D eigenvalue weighted by molar-refractivity contribution is -0.140. The van der Waals surface area contributed by atoms with Crippen LogP contribution >= 0.6 is 11.3 Å². The largest absolute Gasteiger partial charge is 0.481 e. The van der Waals surface area contributed by atoms with E-state index in [1.165, 1.54) is 17.4 Å². The fourth-order valence-electron chi connectivity index (χ4n) is 4.92. The van der Waals surface area contributed by atoms with Crippen molar-refractivity contribution in [1.29, 1.82) is 0 Å². The average molecular weight is 553 g/mol. The van der Waals surface area contributed by atoms with Gasteiger partial charge < -0.3 is 9.84 Å². The Morgan fingerprint density at radius 3 is 2.23 bits per heavy atom. The molecule has 1 atom stereocenters. The molecular formula is C32H25FN2O4S. The molecule has 200 valence electrons. The van der Waals surface area contributed by atoms with Crippen LogP contribution in [0.5, 0.6) is 0 Å². The number of thiophene rings is 1. The summed E-state index contributed by atoms with van der Waals surface area (Å²) in [7, 11) is 0. The summed E-state index contributed by atoms with van der Waals surface area (Å²) in [6.07, 6.45) is 1.37. The van der Waals surface area contributed by atoms with Crippen LogP contribution in [0.4, 0.5) is 14.9 Å². The third kappa shape index (κ3) is 4.82. The first kappa shape index (κ1) is 25.7. The van der Waals surface area contributed by atoms with E-state index in [1.807, 2.05) is 78.9 Å². The van der Waals surface area contributed by atoms with Crippen molar-refractivity contribution >= 4 is 39.3 Å². The van der Waals surface area contributed by atoms with Crippen LogP contribution in [0.1, 0.15) is 37.0 Å². The van der Waals surface area contributed by atoms with Crippen molar-refractivity contribution in [2.24, 2.45) is 0 Å². The molecule has 0 bridgehead atoms. The van der Waals surface area contributed by atoms with Gasteiger partial charge in [0.25, 0.3) is 0 Å². The Kier molecular flexibility index (Phi) is 6.56. The number of ether oxygens (including phenoxy) is 1. The second kappa shape index (κ2) is 10.2. The van der Waals surface area contributed by atoms with Crippen molar-refractivity contribution in [2.75, 3.05) is 5.32 Å². The van der Waals surface area contributed by atoms with Gasteiger partial charge in [0.05, 0.1) is 22.2 Å². The molecule has 2 N–H and O–H groups in total. The maximum Gasteiger partial charge on any atom is 0.412 e. The standard InChI is InChI=1S/C32H25FN2O4S/c1-19(20-5-3-2-4-6-20)39-31(38)35-27-26-17-25(33)18-34-29(26)40-28(27)23-9-7-21(8-10-23)22-11-13-24(14-12-22)32(15-16-32)30(36)37/h2-14,17-19H,15-16H2,1H3,(H,35,38)(H,36,37)/t19-/m1/s1. The van der Waals surface area contributed by atoms with Gasteiger partial charge in [0, 0.05) is 5.39 Å². The van der Waals surface area contributed by atoms with E-state index in [0.29, 0.717) is 28.7 Å². The van der Waals surface area contributed by atoms with E-state index in [2.05, 4.69) is 10.3 Å². The molecule has 6 nitrogen and oxygen atoms in total. The number of rotatable bonds is 7. The lowest BCUT2D eigenvalue weighted by Crippen LogP contribution is -2.19. The molecule has 2 heterocycles. The number of carboxylic acid groups (broad SMARTS) is 1. The Morgan fingerprint density at radius 1 is 0.975 bits per heavy atom. The minimum absolute atomic E-state index is 0.442. The summed E-state index contributed by atoms with van der Waals surface area (Å²) in [5.74, 6) is -1.27. The van der Waals surface area contributed by atoms with Crippen LogP contribution in [0.25, 0.3) is 31.8 Å². The Labute approximate surface area is 234 Å². The van der Waals surface area contributed by atoms with Crippen molar-refractivity contribution in [3.63, 3.8) is 0 Å². The van der Waals surface area contributed by atoms with Crippen LogP contribution in [0.2, 0.25) is 0 Å². The molecular weight excluding hydrogens is 527 g/mol. The summed E-state index contributed by atoms with van der Waals surface area (Å²) in [6, 6.07) is 26.2. The lowest BCUT2D eigenvalue weighted by atomic mass is 9.93. The number of hydrogen-bond donors (Lipinski definition) is 2. The molecule has 6 rings (SSSR count). The molecule has 1 aliphatic carbocycles. The van der Waals surface area contributed by atoms with Gasteiger partial charge in [-0.2, -0.15) is 0 Å². The van der Waals surface area contributed by atoms with Crippen molar-refractivity contribution in [3.8, 4) is 21.6 Å². The first-order valence-corrected chi connectivity index (χ1v) is 13.7. The van der Waals surface area contributed by atoms with Crippen molar-refractivity contribution < 1.29 is 23.8 Å². The van der Waals surface area contributed by atoms with Crippen LogP contribution in [0.15, 0.2) is 91.1 Å². The Bertz CT molecular complexity index is 1710. The number of fused-ring (bicyclic) bond motifs is 1. The average Bonchev–Trinajstić information content (AvgIpc) is 3.72. The number of aliphatic carboxylic acids is 1. The number of carboxylic acids is 1. The maximum absolute atomic E-state index is 14.2. The monoisotopic (exact) mass is 552 g/mol. The summed E-state index contributed by atoms with van der Waals surface area (Å²) in [5, 5.41) is 12.9.